The molecule has 0 radical (unpaired) electrons. The number of rotatable bonds is 6. The molecule has 32 heavy (non-hydrogen) atoms. The normalized spacial score (nSPS) is 10.9. The van der Waals surface area contributed by atoms with Crippen molar-refractivity contribution in [2.75, 3.05) is 5.32 Å². The lowest BCUT2D eigenvalue weighted by Crippen LogP contribution is -2.30. The number of hydrogen-bond donors (Lipinski definition) is 2. The SMILES string of the molecule is CCc1ccc(NC(=O)Cn2c(-c3ccccc3C)nc3scc(C(=O)O)c3c2=O)cc1. The average molecular weight is 448 g/mol. The Morgan fingerprint density at radius 3 is 2.50 bits per heavy atom. The molecule has 162 valence electrons. The number of thiophene rings is 1. The first kappa shape index (κ1) is 21.5. The molecule has 0 unspecified atom stereocenters. The number of amides is 1. The van der Waals surface area contributed by atoms with Gasteiger partial charge in [0, 0.05) is 16.6 Å². The lowest BCUT2D eigenvalue weighted by atomic mass is 10.1. The van der Waals surface area contributed by atoms with Crippen molar-refractivity contribution in [3.05, 3.63) is 81.0 Å². The van der Waals surface area contributed by atoms with E-state index in [-0.39, 0.29) is 17.5 Å². The van der Waals surface area contributed by atoms with Gasteiger partial charge in [-0.15, -0.1) is 11.3 Å². The Bertz CT molecular complexity index is 1390. The number of aromatic carboxylic acids is 1. The van der Waals surface area contributed by atoms with Crippen LogP contribution in [0.5, 0.6) is 0 Å². The summed E-state index contributed by atoms with van der Waals surface area (Å²) in [5, 5.41) is 13.7. The second-order valence-electron chi connectivity index (χ2n) is 7.37. The summed E-state index contributed by atoms with van der Waals surface area (Å²) in [5.74, 6) is -1.28. The second-order valence-corrected chi connectivity index (χ2v) is 8.23. The van der Waals surface area contributed by atoms with Gasteiger partial charge in [0.05, 0.1) is 10.9 Å². The molecule has 1 amide bonds. The smallest absolute Gasteiger partial charge is 0.337 e. The Balaban J connectivity index is 1.80. The minimum Gasteiger partial charge on any atom is -0.478 e. The van der Waals surface area contributed by atoms with Gasteiger partial charge in [-0.1, -0.05) is 43.3 Å². The molecule has 8 heteroatoms. The van der Waals surface area contributed by atoms with Gasteiger partial charge in [0.15, 0.2) is 0 Å². The lowest BCUT2D eigenvalue weighted by molar-refractivity contribution is -0.116. The molecule has 2 aromatic heterocycles. The number of aromatic nitrogens is 2. The molecule has 0 spiro atoms. The first-order chi connectivity index (χ1) is 15.4. The molecule has 0 aliphatic carbocycles. The number of carbonyl (C=O) groups excluding carboxylic acids is 1. The minimum absolute atomic E-state index is 0.0138. The number of carboxylic acid groups (broad SMARTS) is 1. The number of hydrogen-bond acceptors (Lipinski definition) is 5. The summed E-state index contributed by atoms with van der Waals surface area (Å²) in [6.07, 6.45) is 0.891. The van der Waals surface area contributed by atoms with Crippen molar-refractivity contribution in [1.82, 2.24) is 9.55 Å². The van der Waals surface area contributed by atoms with Crippen molar-refractivity contribution >= 4 is 39.1 Å². The van der Waals surface area contributed by atoms with E-state index in [0.717, 1.165) is 28.9 Å². The summed E-state index contributed by atoms with van der Waals surface area (Å²) in [5.41, 5.74) is 2.70. The predicted molar refractivity (Wildman–Crippen MR) is 125 cm³/mol. The number of aryl methyl sites for hydroxylation is 2. The summed E-state index contributed by atoms with van der Waals surface area (Å²) in [6.45, 7) is 3.64. The van der Waals surface area contributed by atoms with E-state index in [0.29, 0.717) is 21.9 Å². The number of anilines is 1. The number of carbonyl (C=O) groups is 2. The molecule has 0 aliphatic heterocycles. The summed E-state index contributed by atoms with van der Waals surface area (Å²) in [4.78, 5) is 42.8. The van der Waals surface area contributed by atoms with Crippen molar-refractivity contribution in [2.45, 2.75) is 26.8 Å². The lowest BCUT2D eigenvalue weighted by Gasteiger charge is -2.14. The van der Waals surface area contributed by atoms with Crippen molar-refractivity contribution < 1.29 is 14.7 Å². The molecule has 4 rings (SSSR count). The maximum absolute atomic E-state index is 13.4. The van der Waals surface area contributed by atoms with E-state index in [9.17, 15) is 19.5 Å². The summed E-state index contributed by atoms with van der Waals surface area (Å²) < 4.78 is 1.25. The van der Waals surface area contributed by atoms with E-state index in [4.69, 9.17) is 0 Å². The highest BCUT2D eigenvalue weighted by Crippen LogP contribution is 2.27. The van der Waals surface area contributed by atoms with Crippen LogP contribution in [0, 0.1) is 6.92 Å². The van der Waals surface area contributed by atoms with Crippen LogP contribution in [0.2, 0.25) is 0 Å². The van der Waals surface area contributed by atoms with Crippen LogP contribution in [-0.4, -0.2) is 26.5 Å². The van der Waals surface area contributed by atoms with Gasteiger partial charge >= 0.3 is 5.97 Å². The predicted octanol–water partition coefficient (Wildman–Crippen LogP) is 4.33. The van der Waals surface area contributed by atoms with Gasteiger partial charge < -0.3 is 10.4 Å². The average Bonchev–Trinajstić information content (AvgIpc) is 3.21. The van der Waals surface area contributed by atoms with Crippen LogP contribution in [0.3, 0.4) is 0 Å². The molecule has 7 nitrogen and oxygen atoms in total. The van der Waals surface area contributed by atoms with Gasteiger partial charge in [-0.05, 0) is 36.6 Å². The number of nitrogens with zero attached hydrogens (tertiary/aromatic N) is 2. The van der Waals surface area contributed by atoms with Crippen molar-refractivity contribution in [3.8, 4) is 11.4 Å². The fourth-order valence-electron chi connectivity index (χ4n) is 3.53. The molecular weight excluding hydrogens is 426 g/mol. The van der Waals surface area contributed by atoms with E-state index < -0.39 is 17.4 Å². The van der Waals surface area contributed by atoms with Crippen LogP contribution in [0.1, 0.15) is 28.4 Å². The monoisotopic (exact) mass is 447 g/mol. The molecule has 2 aromatic carbocycles. The summed E-state index contributed by atoms with van der Waals surface area (Å²) in [7, 11) is 0. The van der Waals surface area contributed by atoms with Gasteiger partial charge in [-0.3, -0.25) is 14.2 Å². The largest absolute Gasteiger partial charge is 0.478 e. The van der Waals surface area contributed by atoms with E-state index in [2.05, 4.69) is 10.3 Å². The standard InChI is InChI=1S/C24H21N3O4S/c1-3-15-8-10-16(11-9-15)25-19(28)12-27-21(17-7-5-4-6-14(17)2)26-22-20(23(27)29)18(13-32-22)24(30)31/h4-11,13H,3,12H2,1-2H3,(H,25,28)(H,30,31). The zero-order chi connectivity index (χ0) is 22.8. The number of benzene rings is 2. The molecule has 0 fully saturated rings. The van der Waals surface area contributed by atoms with Gasteiger partial charge in [0.25, 0.3) is 5.56 Å². The zero-order valence-electron chi connectivity index (χ0n) is 17.6. The van der Waals surface area contributed by atoms with Crippen molar-refractivity contribution in [2.24, 2.45) is 0 Å². The maximum Gasteiger partial charge on any atom is 0.337 e. The third-order valence-electron chi connectivity index (χ3n) is 5.26. The Hall–Kier alpha value is -3.78. The van der Waals surface area contributed by atoms with Crippen LogP contribution < -0.4 is 10.9 Å². The molecule has 0 saturated carbocycles. The highest BCUT2D eigenvalue weighted by molar-refractivity contribution is 7.17. The maximum atomic E-state index is 13.4. The third-order valence-corrected chi connectivity index (χ3v) is 6.13. The van der Waals surface area contributed by atoms with Crippen LogP contribution >= 0.6 is 11.3 Å². The van der Waals surface area contributed by atoms with E-state index in [1.54, 1.807) is 0 Å². The zero-order valence-corrected chi connectivity index (χ0v) is 18.4. The Kier molecular flexibility index (Phi) is 5.87. The van der Waals surface area contributed by atoms with Crippen LogP contribution in [0.25, 0.3) is 21.6 Å². The van der Waals surface area contributed by atoms with Crippen LogP contribution in [-0.2, 0) is 17.8 Å². The molecule has 4 aromatic rings. The molecule has 2 heterocycles. The molecule has 2 N–H and O–H groups in total. The number of fused-ring (bicyclic) bond motifs is 1. The highest BCUT2D eigenvalue weighted by atomic mass is 32.1. The molecule has 0 bridgehead atoms. The summed E-state index contributed by atoms with van der Waals surface area (Å²) >= 11 is 1.10. The van der Waals surface area contributed by atoms with Crippen molar-refractivity contribution in [1.29, 1.82) is 0 Å². The fraction of sp³-hybridized carbons (Fsp3) is 0.167. The van der Waals surface area contributed by atoms with E-state index in [1.807, 2.05) is 62.4 Å². The molecule has 0 aliphatic rings. The van der Waals surface area contributed by atoms with Crippen LogP contribution in [0.15, 0.2) is 58.7 Å². The van der Waals surface area contributed by atoms with E-state index in [1.165, 1.54) is 9.95 Å². The Labute approximate surface area is 188 Å². The molecular formula is C24H21N3O4S. The fourth-order valence-corrected chi connectivity index (χ4v) is 4.43. The van der Waals surface area contributed by atoms with Crippen molar-refractivity contribution in [3.63, 3.8) is 0 Å². The third kappa shape index (κ3) is 4.04. The number of nitrogens with one attached hydrogen (secondary N) is 1. The molecule has 0 atom stereocenters. The van der Waals surface area contributed by atoms with Crippen LogP contribution in [0.4, 0.5) is 5.69 Å². The van der Waals surface area contributed by atoms with Gasteiger partial charge in [-0.2, -0.15) is 0 Å². The Morgan fingerprint density at radius 2 is 1.84 bits per heavy atom. The Morgan fingerprint density at radius 1 is 1.12 bits per heavy atom. The highest BCUT2D eigenvalue weighted by Gasteiger charge is 2.22. The minimum atomic E-state index is -1.20. The second kappa shape index (κ2) is 8.76. The quantitative estimate of drug-likeness (QED) is 0.458. The first-order valence-corrected chi connectivity index (χ1v) is 11.0. The van der Waals surface area contributed by atoms with E-state index >= 15 is 0 Å². The first-order valence-electron chi connectivity index (χ1n) is 10.1. The number of carboxylic acids is 1. The van der Waals surface area contributed by atoms with Gasteiger partial charge in [0.2, 0.25) is 5.91 Å². The molecule has 0 saturated heterocycles. The summed E-state index contributed by atoms with van der Waals surface area (Å²) in [6, 6.07) is 14.9. The topological polar surface area (TPSA) is 101 Å². The van der Waals surface area contributed by atoms with Gasteiger partial charge in [0.1, 0.15) is 17.2 Å². The van der Waals surface area contributed by atoms with Gasteiger partial charge in [-0.25, -0.2) is 9.78 Å².